The van der Waals surface area contributed by atoms with Gasteiger partial charge in [0.25, 0.3) is 0 Å². The molecular weight excluding hydrogens is 188 g/mol. The van der Waals surface area contributed by atoms with E-state index >= 15 is 0 Å². The third-order valence-corrected chi connectivity index (χ3v) is 3.12. The molecule has 0 radical (unpaired) electrons. The Labute approximate surface area is 87.2 Å². The molecule has 2 nitrogen and oxygen atoms in total. The van der Waals surface area contributed by atoms with Crippen LogP contribution >= 0.6 is 0 Å². The monoisotopic (exact) mass is 198 g/mol. The lowest BCUT2D eigenvalue weighted by molar-refractivity contribution is -0.109. The van der Waals surface area contributed by atoms with E-state index < -0.39 is 0 Å². The highest BCUT2D eigenvalue weighted by Gasteiger charge is 2.26. The quantitative estimate of drug-likeness (QED) is 0.714. The lowest BCUT2D eigenvalue weighted by Gasteiger charge is -2.05. The maximum atomic E-state index is 11.0. The second kappa shape index (κ2) is 2.83. The molecule has 0 bridgehead atoms. The molecule has 0 aliphatic heterocycles. The van der Waals surface area contributed by atoms with Crippen molar-refractivity contribution >= 4 is 17.1 Å². The predicted molar refractivity (Wildman–Crippen MR) is 58.1 cm³/mol. The van der Waals surface area contributed by atoms with E-state index in [9.17, 15) is 9.90 Å². The van der Waals surface area contributed by atoms with E-state index in [0.717, 1.165) is 28.2 Å². The molecule has 0 amide bonds. The predicted octanol–water partition coefficient (Wildman–Crippen LogP) is 2.38. The number of phenols is 1. The average molecular weight is 198 g/mol. The number of hydrogen-bond acceptors (Lipinski definition) is 2. The van der Waals surface area contributed by atoms with Gasteiger partial charge in [-0.05, 0) is 28.8 Å². The van der Waals surface area contributed by atoms with Crippen molar-refractivity contribution in [2.24, 2.45) is 0 Å². The Morgan fingerprint density at radius 1 is 1.27 bits per heavy atom. The summed E-state index contributed by atoms with van der Waals surface area (Å²) >= 11 is 0. The van der Waals surface area contributed by atoms with Gasteiger partial charge in [0.1, 0.15) is 12.0 Å². The third kappa shape index (κ3) is 1.02. The Hall–Kier alpha value is -1.83. The molecular formula is C13H10O2. The van der Waals surface area contributed by atoms with Crippen LogP contribution in [-0.4, -0.2) is 11.4 Å². The van der Waals surface area contributed by atoms with Gasteiger partial charge in [0.2, 0.25) is 0 Å². The molecule has 2 heteroatoms. The SMILES string of the molecule is O=CC1Cc2cccc3ccc(O)c1c23. The summed E-state index contributed by atoms with van der Waals surface area (Å²) in [6, 6.07) is 9.59. The van der Waals surface area contributed by atoms with E-state index in [2.05, 4.69) is 0 Å². The van der Waals surface area contributed by atoms with E-state index in [1.165, 1.54) is 0 Å². The van der Waals surface area contributed by atoms with Gasteiger partial charge in [-0.25, -0.2) is 0 Å². The number of hydrogen-bond donors (Lipinski definition) is 1. The molecule has 1 aliphatic rings. The Bertz CT molecular complexity index is 558. The van der Waals surface area contributed by atoms with E-state index in [1.54, 1.807) is 6.07 Å². The zero-order valence-corrected chi connectivity index (χ0v) is 8.10. The van der Waals surface area contributed by atoms with Crippen molar-refractivity contribution in [1.82, 2.24) is 0 Å². The summed E-state index contributed by atoms with van der Waals surface area (Å²) in [6.07, 6.45) is 1.64. The average Bonchev–Trinajstić information content (AvgIpc) is 2.64. The topological polar surface area (TPSA) is 37.3 Å². The molecule has 0 saturated heterocycles. The minimum Gasteiger partial charge on any atom is -0.508 e. The molecule has 0 fully saturated rings. The highest BCUT2D eigenvalue weighted by Crippen LogP contribution is 2.42. The molecule has 0 aromatic heterocycles. The van der Waals surface area contributed by atoms with Crippen molar-refractivity contribution in [2.75, 3.05) is 0 Å². The van der Waals surface area contributed by atoms with Crippen molar-refractivity contribution in [2.45, 2.75) is 12.3 Å². The van der Waals surface area contributed by atoms with Crippen LogP contribution in [0.1, 0.15) is 17.0 Å². The third-order valence-electron chi connectivity index (χ3n) is 3.12. The molecule has 0 saturated carbocycles. The Kier molecular flexibility index (Phi) is 1.60. The van der Waals surface area contributed by atoms with Gasteiger partial charge >= 0.3 is 0 Å². The number of phenolic OH excluding ortho intramolecular Hbond substituents is 1. The first kappa shape index (κ1) is 8.48. The van der Waals surface area contributed by atoms with Gasteiger partial charge in [-0.3, -0.25) is 0 Å². The zero-order chi connectivity index (χ0) is 10.4. The summed E-state index contributed by atoms with van der Waals surface area (Å²) in [7, 11) is 0. The number of aldehydes is 1. The molecule has 1 aliphatic carbocycles. The zero-order valence-electron chi connectivity index (χ0n) is 8.10. The van der Waals surface area contributed by atoms with Crippen molar-refractivity contribution in [3.63, 3.8) is 0 Å². The molecule has 3 rings (SSSR count). The number of carbonyl (C=O) groups is 1. The summed E-state index contributed by atoms with van der Waals surface area (Å²) in [5.74, 6) is 0.0654. The largest absolute Gasteiger partial charge is 0.508 e. The first-order valence-electron chi connectivity index (χ1n) is 5.00. The van der Waals surface area contributed by atoms with Gasteiger partial charge in [0.15, 0.2) is 0 Å². The van der Waals surface area contributed by atoms with Crippen molar-refractivity contribution in [3.05, 3.63) is 41.5 Å². The minimum absolute atomic E-state index is 0.175. The summed E-state index contributed by atoms with van der Waals surface area (Å²) in [4.78, 5) is 11.0. The first-order chi connectivity index (χ1) is 7.31. The van der Waals surface area contributed by atoms with Crippen molar-refractivity contribution < 1.29 is 9.90 Å². The highest BCUT2D eigenvalue weighted by molar-refractivity contribution is 5.96. The number of rotatable bonds is 1. The molecule has 2 aromatic carbocycles. The van der Waals surface area contributed by atoms with Crippen LogP contribution in [0.5, 0.6) is 5.75 Å². The molecule has 74 valence electrons. The minimum atomic E-state index is -0.175. The van der Waals surface area contributed by atoms with Gasteiger partial charge in [0, 0.05) is 11.5 Å². The normalized spacial score (nSPS) is 18.3. The van der Waals surface area contributed by atoms with Gasteiger partial charge in [-0.2, -0.15) is 0 Å². The number of carbonyl (C=O) groups excluding carboxylic acids is 1. The smallest absolute Gasteiger partial charge is 0.127 e. The fraction of sp³-hybridized carbons (Fsp3) is 0.154. The van der Waals surface area contributed by atoms with Crippen molar-refractivity contribution in [1.29, 1.82) is 0 Å². The van der Waals surface area contributed by atoms with Crippen LogP contribution in [0, 0.1) is 0 Å². The van der Waals surface area contributed by atoms with Crippen LogP contribution in [0.4, 0.5) is 0 Å². The van der Waals surface area contributed by atoms with Crippen LogP contribution in [0.3, 0.4) is 0 Å². The van der Waals surface area contributed by atoms with Crippen LogP contribution < -0.4 is 0 Å². The number of aromatic hydroxyl groups is 1. The van der Waals surface area contributed by atoms with Crippen LogP contribution in [0.15, 0.2) is 30.3 Å². The molecule has 2 aromatic rings. The van der Waals surface area contributed by atoms with E-state index in [4.69, 9.17) is 0 Å². The molecule has 1 unspecified atom stereocenters. The van der Waals surface area contributed by atoms with Crippen LogP contribution in [0.25, 0.3) is 10.8 Å². The lowest BCUT2D eigenvalue weighted by atomic mass is 10.0. The maximum absolute atomic E-state index is 11.0. The molecule has 0 heterocycles. The van der Waals surface area contributed by atoms with E-state index in [-0.39, 0.29) is 11.7 Å². The van der Waals surface area contributed by atoms with Gasteiger partial charge in [0.05, 0.1) is 0 Å². The second-order valence-electron chi connectivity index (χ2n) is 3.96. The van der Waals surface area contributed by atoms with Crippen molar-refractivity contribution in [3.8, 4) is 5.75 Å². The van der Waals surface area contributed by atoms with Crippen LogP contribution in [0.2, 0.25) is 0 Å². The Morgan fingerprint density at radius 2 is 2.13 bits per heavy atom. The summed E-state index contributed by atoms with van der Waals surface area (Å²) in [5.41, 5.74) is 1.97. The molecule has 1 N–H and O–H groups in total. The Morgan fingerprint density at radius 3 is 2.93 bits per heavy atom. The van der Waals surface area contributed by atoms with Crippen LogP contribution in [-0.2, 0) is 11.2 Å². The highest BCUT2D eigenvalue weighted by atomic mass is 16.3. The molecule has 15 heavy (non-hydrogen) atoms. The fourth-order valence-corrected chi connectivity index (χ4v) is 2.47. The van der Waals surface area contributed by atoms with E-state index in [0.29, 0.717) is 6.42 Å². The number of benzene rings is 2. The molecule has 1 atom stereocenters. The summed E-state index contributed by atoms with van der Waals surface area (Å²) in [5, 5.41) is 12.0. The van der Waals surface area contributed by atoms with Gasteiger partial charge in [-0.15, -0.1) is 0 Å². The standard InChI is InChI=1S/C13H10O2/c14-7-10-6-9-3-1-2-8-4-5-11(15)13(10)12(8)9/h1-5,7,10,15H,6H2. The first-order valence-corrected chi connectivity index (χ1v) is 5.00. The lowest BCUT2D eigenvalue weighted by Crippen LogP contribution is -1.96. The van der Waals surface area contributed by atoms with Gasteiger partial charge in [-0.1, -0.05) is 24.3 Å². The summed E-state index contributed by atoms with van der Waals surface area (Å²) in [6.45, 7) is 0. The van der Waals surface area contributed by atoms with Gasteiger partial charge < -0.3 is 9.90 Å². The molecule has 0 spiro atoms. The maximum Gasteiger partial charge on any atom is 0.127 e. The second-order valence-corrected chi connectivity index (χ2v) is 3.96. The Balaban J connectivity index is 2.47. The summed E-state index contributed by atoms with van der Waals surface area (Å²) < 4.78 is 0. The fourth-order valence-electron chi connectivity index (χ4n) is 2.47. The van der Waals surface area contributed by atoms with E-state index in [1.807, 2.05) is 24.3 Å².